The van der Waals surface area contributed by atoms with Crippen LogP contribution in [0.4, 0.5) is 17.1 Å². The summed E-state index contributed by atoms with van der Waals surface area (Å²) < 4.78 is 0. The molecular formula is C56H35B9N. The molecule has 1 heterocycles. The van der Waals surface area contributed by atoms with Crippen LogP contribution >= 0.6 is 0 Å². The number of allylic oxidation sites excluding steroid dienone is 7. The van der Waals surface area contributed by atoms with Crippen LogP contribution in [0.3, 0.4) is 0 Å². The third-order valence-electron chi connectivity index (χ3n) is 14.4. The predicted octanol–water partition coefficient (Wildman–Crippen LogP) is 5.68. The van der Waals surface area contributed by atoms with Crippen molar-refractivity contribution in [2.45, 2.75) is 36.9 Å². The maximum atomic E-state index is 7.45. The van der Waals surface area contributed by atoms with E-state index in [0.717, 1.165) is 102 Å². The van der Waals surface area contributed by atoms with Crippen molar-refractivity contribution in [1.29, 1.82) is 0 Å². The third kappa shape index (κ3) is 6.41. The molecule has 10 heteroatoms. The lowest BCUT2D eigenvalue weighted by Crippen LogP contribution is -2.40. The minimum Gasteiger partial charge on any atom is -0.311 e. The number of fused-ring (bicyclic) bond motifs is 6. The van der Waals surface area contributed by atoms with Gasteiger partial charge < -0.3 is 4.90 Å². The molecule has 291 valence electrons. The standard InChI is InChI=1S/C56H35B9N/c1-29-41(27-45(59)30(2)57)56-42-25-36(65-48-24-35(58)23-46(60)51(48)40-26-43(56)49(29)54(64)52(40)62)17-22-39(42)50-44(56)28-47(61)53(63)55(50)66(37-18-13-33(14-19-37)31-9-5-3-6-10-31)38-20-15-34(16-21-38)32-11-7-4-8-12-32/h3-16,18-21,23-28,36,39H,2,17,22H2,1H3/b45-27+. The lowest BCUT2D eigenvalue weighted by Gasteiger charge is -2.38. The third-order valence-corrected chi connectivity index (χ3v) is 14.4. The smallest absolute Gasteiger partial charge is 0.160 e. The van der Waals surface area contributed by atoms with Crippen LogP contribution in [0.1, 0.15) is 47.9 Å². The molecular weight excluding hydrogens is 784 g/mol. The van der Waals surface area contributed by atoms with Crippen molar-refractivity contribution in [3.8, 4) is 33.4 Å². The first-order valence-electron chi connectivity index (χ1n) is 22.3. The van der Waals surface area contributed by atoms with E-state index in [2.05, 4.69) is 141 Å². The van der Waals surface area contributed by atoms with Crippen molar-refractivity contribution in [1.82, 2.24) is 0 Å². The van der Waals surface area contributed by atoms with Crippen LogP contribution in [-0.2, 0) is 5.41 Å². The SMILES string of the molecule is [B]C(=C)/C([B])=C\C1=C(C)c2c3cc(c([B])c2[B])-c2c([B])cc([B])cc2[B]C2C=C4C(CC2)c2c(cc([B])c([B])c2N(c2ccc(-c5ccccc5)cc2)c2ccc(-c5ccccc5)cc2)C413. The minimum absolute atomic E-state index is 0.00619. The van der Waals surface area contributed by atoms with Crippen LogP contribution in [0.25, 0.3) is 39.0 Å². The van der Waals surface area contributed by atoms with E-state index in [1.54, 1.807) is 6.07 Å². The Labute approximate surface area is 400 Å². The van der Waals surface area contributed by atoms with Crippen LogP contribution in [0.2, 0.25) is 5.82 Å². The molecule has 0 saturated heterocycles. The molecule has 0 N–H and O–H groups in total. The zero-order valence-corrected chi connectivity index (χ0v) is 36.8. The Kier molecular flexibility index (Phi) is 10.3. The molecule has 4 aliphatic rings. The van der Waals surface area contributed by atoms with Crippen LogP contribution in [-0.4, -0.2) is 70.0 Å². The van der Waals surface area contributed by atoms with Crippen LogP contribution < -0.4 is 43.1 Å². The predicted molar refractivity (Wildman–Crippen MR) is 288 cm³/mol. The lowest BCUT2D eigenvalue weighted by atomic mass is 9.50. The van der Waals surface area contributed by atoms with Gasteiger partial charge in [-0.05, 0) is 122 Å². The van der Waals surface area contributed by atoms with Gasteiger partial charge in [0.25, 0.3) is 0 Å². The van der Waals surface area contributed by atoms with Gasteiger partial charge in [-0.25, -0.2) is 0 Å². The number of anilines is 3. The molecule has 4 bridgehead atoms. The van der Waals surface area contributed by atoms with E-state index in [1.807, 2.05) is 24.3 Å². The number of hydrogen-bond acceptors (Lipinski definition) is 1. The zero-order chi connectivity index (χ0) is 45.8. The van der Waals surface area contributed by atoms with Crippen LogP contribution in [0, 0.1) is 0 Å². The quantitative estimate of drug-likeness (QED) is 0.114. The highest BCUT2D eigenvalue weighted by molar-refractivity contribution is 6.62. The highest BCUT2D eigenvalue weighted by atomic mass is 15.1. The first-order chi connectivity index (χ1) is 31.9. The molecule has 7 aromatic rings. The summed E-state index contributed by atoms with van der Waals surface area (Å²) in [6.45, 7) is 6.13. The molecule has 66 heavy (non-hydrogen) atoms. The molecule has 0 saturated carbocycles. The van der Waals surface area contributed by atoms with Crippen LogP contribution in [0.15, 0.2) is 174 Å². The summed E-state index contributed by atoms with van der Waals surface area (Å²) in [5.41, 5.74) is 19.1. The average Bonchev–Trinajstić information content (AvgIpc) is 3.73. The molecule has 3 unspecified atom stereocenters. The molecule has 0 aromatic heterocycles. The molecule has 3 atom stereocenters. The summed E-state index contributed by atoms with van der Waals surface area (Å²) in [7, 11) is 58.0. The van der Waals surface area contributed by atoms with Gasteiger partial charge >= 0.3 is 0 Å². The zero-order valence-electron chi connectivity index (χ0n) is 36.8. The Morgan fingerprint density at radius 1 is 0.652 bits per heavy atom. The molecule has 0 amide bonds. The Balaban J connectivity index is 1.24. The maximum Gasteiger partial charge on any atom is 0.160 e. The van der Waals surface area contributed by atoms with Gasteiger partial charge in [0.15, 0.2) is 7.28 Å². The van der Waals surface area contributed by atoms with Gasteiger partial charge in [0.1, 0.15) is 62.8 Å². The number of hydrogen-bond donors (Lipinski definition) is 0. The average molecular weight is 819 g/mol. The lowest BCUT2D eigenvalue weighted by molar-refractivity contribution is 0.594. The van der Waals surface area contributed by atoms with E-state index in [1.165, 1.54) is 5.57 Å². The normalized spacial score (nSPS) is 18.8. The molecule has 1 spiro atoms. The van der Waals surface area contributed by atoms with E-state index in [4.69, 9.17) is 62.8 Å². The second-order valence-corrected chi connectivity index (χ2v) is 18.1. The van der Waals surface area contributed by atoms with E-state index in [9.17, 15) is 0 Å². The number of rotatable bonds is 7. The molecule has 1 nitrogen and oxygen atoms in total. The minimum atomic E-state index is -0.945. The first kappa shape index (κ1) is 42.5. The van der Waals surface area contributed by atoms with Gasteiger partial charge in [-0.3, -0.25) is 0 Å². The summed E-state index contributed by atoms with van der Waals surface area (Å²) >= 11 is 0. The Bertz CT molecular complexity index is 3200. The van der Waals surface area contributed by atoms with Crippen molar-refractivity contribution in [3.05, 3.63) is 197 Å². The monoisotopic (exact) mass is 820 g/mol. The van der Waals surface area contributed by atoms with Gasteiger partial charge in [0.05, 0.1) is 5.41 Å². The Hall–Kier alpha value is -6.12. The van der Waals surface area contributed by atoms with E-state index in [-0.39, 0.29) is 17.2 Å². The molecule has 17 radical (unpaired) electrons. The van der Waals surface area contributed by atoms with Gasteiger partial charge in [0.2, 0.25) is 0 Å². The topological polar surface area (TPSA) is 3.24 Å². The van der Waals surface area contributed by atoms with Crippen LogP contribution in [0.5, 0.6) is 0 Å². The van der Waals surface area contributed by atoms with E-state index >= 15 is 0 Å². The van der Waals surface area contributed by atoms with Crippen molar-refractivity contribution < 1.29 is 0 Å². The molecule has 0 fully saturated rings. The maximum absolute atomic E-state index is 7.45. The summed E-state index contributed by atoms with van der Waals surface area (Å²) in [6.07, 6.45) is 6.05. The summed E-state index contributed by atoms with van der Waals surface area (Å²) in [5, 5.41) is 0. The van der Waals surface area contributed by atoms with Crippen molar-refractivity contribution in [3.63, 3.8) is 0 Å². The fourth-order valence-corrected chi connectivity index (χ4v) is 11.5. The van der Waals surface area contributed by atoms with Crippen molar-refractivity contribution >= 4 is 131 Å². The summed E-state index contributed by atoms with van der Waals surface area (Å²) in [5.74, 6) is -0.0968. The van der Waals surface area contributed by atoms with Gasteiger partial charge in [-0.1, -0.05) is 154 Å². The van der Waals surface area contributed by atoms with Gasteiger partial charge in [-0.2, -0.15) is 0 Å². The summed E-state index contributed by atoms with van der Waals surface area (Å²) in [4.78, 5) is 2.28. The second-order valence-electron chi connectivity index (χ2n) is 18.1. The largest absolute Gasteiger partial charge is 0.311 e. The molecule has 7 aromatic carbocycles. The second kappa shape index (κ2) is 16.0. The molecule has 3 aliphatic carbocycles. The van der Waals surface area contributed by atoms with Gasteiger partial charge in [0, 0.05) is 23.0 Å². The highest BCUT2D eigenvalue weighted by Gasteiger charge is 2.57. The fourth-order valence-electron chi connectivity index (χ4n) is 11.5. The number of benzene rings is 7. The van der Waals surface area contributed by atoms with Crippen molar-refractivity contribution in [2.75, 3.05) is 4.90 Å². The van der Waals surface area contributed by atoms with E-state index < -0.39 is 5.41 Å². The highest BCUT2D eigenvalue weighted by Crippen LogP contribution is 2.67. The molecule has 11 rings (SSSR count). The fraction of sp³-hybridized carbons (Fsp3) is 0.107. The Morgan fingerprint density at radius 3 is 1.83 bits per heavy atom. The first-order valence-corrected chi connectivity index (χ1v) is 22.3. The molecule has 1 aliphatic heterocycles. The van der Waals surface area contributed by atoms with E-state index in [0.29, 0.717) is 38.2 Å². The number of nitrogens with zero attached hydrogens (tertiary/aromatic N) is 1. The van der Waals surface area contributed by atoms with Crippen molar-refractivity contribution in [2.24, 2.45) is 0 Å². The summed E-state index contributed by atoms with van der Waals surface area (Å²) in [6, 6.07) is 46.1. The van der Waals surface area contributed by atoms with Gasteiger partial charge in [-0.15, -0.1) is 23.0 Å². The Morgan fingerprint density at radius 2 is 1.24 bits per heavy atom.